The SMILES string of the molecule is COc1ccccc1Cc1noc(C2CN(C(=O)c3cccc(C)c3)C2)n1. The zero-order valence-corrected chi connectivity index (χ0v) is 15.4. The fourth-order valence-electron chi connectivity index (χ4n) is 3.29. The van der Waals surface area contributed by atoms with Crippen molar-refractivity contribution < 1.29 is 14.1 Å². The minimum Gasteiger partial charge on any atom is -0.496 e. The van der Waals surface area contributed by atoms with Crippen molar-refractivity contribution >= 4 is 5.91 Å². The van der Waals surface area contributed by atoms with Crippen LogP contribution in [-0.2, 0) is 6.42 Å². The molecule has 1 aromatic heterocycles. The van der Waals surface area contributed by atoms with E-state index in [9.17, 15) is 4.79 Å². The van der Waals surface area contributed by atoms with Crippen molar-refractivity contribution in [1.29, 1.82) is 0 Å². The summed E-state index contributed by atoms with van der Waals surface area (Å²) in [6, 6.07) is 15.4. The summed E-state index contributed by atoms with van der Waals surface area (Å²) in [4.78, 5) is 18.8. The van der Waals surface area contributed by atoms with Crippen molar-refractivity contribution in [3.8, 4) is 5.75 Å². The van der Waals surface area contributed by atoms with Gasteiger partial charge in [-0.25, -0.2) is 0 Å². The van der Waals surface area contributed by atoms with E-state index >= 15 is 0 Å². The Balaban J connectivity index is 1.38. The molecule has 0 saturated carbocycles. The summed E-state index contributed by atoms with van der Waals surface area (Å²) in [6.45, 7) is 3.18. The molecule has 6 heteroatoms. The van der Waals surface area contributed by atoms with Crippen molar-refractivity contribution in [3.63, 3.8) is 0 Å². The number of benzene rings is 2. The fraction of sp³-hybridized carbons (Fsp3) is 0.286. The minimum atomic E-state index is 0.0451. The van der Waals surface area contributed by atoms with Gasteiger partial charge in [-0.2, -0.15) is 4.98 Å². The molecule has 4 rings (SSSR count). The highest BCUT2D eigenvalue weighted by Crippen LogP contribution is 2.28. The zero-order valence-electron chi connectivity index (χ0n) is 15.4. The van der Waals surface area contributed by atoms with Crippen LogP contribution in [0.4, 0.5) is 0 Å². The number of aromatic nitrogens is 2. The highest BCUT2D eigenvalue weighted by molar-refractivity contribution is 5.95. The van der Waals surface area contributed by atoms with Gasteiger partial charge in [0.1, 0.15) is 5.75 Å². The molecule has 1 aliphatic heterocycles. The maximum Gasteiger partial charge on any atom is 0.253 e. The molecule has 1 saturated heterocycles. The highest BCUT2D eigenvalue weighted by Gasteiger charge is 2.36. The lowest BCUT2D eigenvalue weighted by Gasteiger charge is -2.37. The van der Waals surface area contributed by atoms with E-state index in [1.807, 2.05) is 60.4 Å². The van der Waals surface area contributed by atoms with Crippen LogP contribution in [0.2, 0.25) is 0 Å². The number of para-hydroxylation sites is 1. The topological polar surface area (TPSA) is 68.5 Å². The molecule has 0 N–H and O–H groups in total. The molecular formula is C21H21N3O3. The summed E-state index contributed by atoms with van der Waals surface area (Å²) < 4.78 is 10.8. The van der Waals surface area contributed by atoms with E-state index < -0.39 is 0 Å². The molecule has 0 radical (unpaired) electrons. The Labute approximate surface area is 157 Å². The Hall–Kier alpha value is -3.15. The van der Waals surface area contributed by atoms with Gasteiger partial charge in [0.25, 0.3) is 5.91 Å². The Morgan fingerprint density at radius 2 is 2.04 bits per heavy atom. The number of carbonyl (C=O) groups is 1. The van der Waals surface area contributed by atoms with Gasteiger partial charge < -0.3 is 14.2 Å². The summed E-state index contributed by atoms with van der Waals surface area (Å²) in [5.41, 5.74) is 2.81. The van der Waals surface area contributed by atoms with Gasteiger partial charge in [-0.3, -0.25) is 4.79 Å². The largest absolute Gasteiger partial charge is 0.496 e. The fourth-order valence-corrected chi connectivity index (χ4v) is 3.29. The molecule has 0 aliphatic carbocycles. The van der Waals surface area contributed by atoms with Gasteiger partial charge in [0, 0.05) is 30.6 Å². The van der Waals surface area contributed by atoms with Gasteiger partial charge in [0.2, 0.25) is 5.89 Å². The van der Waals surface area contributed by atoms with E-state index in [0.29, 0.717) is 31.2 Å². The lowest BCUT2D eigenvalue weighted by atomic mass is 9.98. The first kappa shape index (κ1) is 17.3. The molecule has 27 heavy (non-hydrogen) atoms. The second-order valence-corrected chi connectivity index (χ2v) is 6.81. The monoisotopic (exact) mass is 363 g/mol. The average molecular weight is 363 g/mol. The van der Waals surface area contributed by atoms with E-state index in [1.165, 1.54) is 0 Å². The molecule has 0 unspecified atom stereocenters. The van der Waals surface area contributed by atoms with Crippen LogP contribution >= 0.6 is 0 Å². The molecule has 0 bridgehead atoms. The zero-order chi connectivity index (χ0) is 18.8. The van der Waals surface area contributed by atoms with Crippen LogP contribution in [0.3, 0.4) is 0 Å². The molecule has 2 aromatic carbocycles. The lowest BCUT2D eigenvalue weighted by Crippen LogP contribution is -2.48. The van der Waals surface area contributed by atoms with Crippen LogP contribution in [0.1, 0.15) is 39.1 Å². The van der Waals surface area contributed by atoms with Crippen molar-refractivity contribution in [3.05, 3.63) is 76.9 Å². The number of amides is 1. The average Bonchev–Trinajstić information content (AvgIpc) is 3.09. The summed E-state index contributed by atoms with van der Waals surface area (Å²) in [7, 11) is 1.65. The second kappa shape index (κ2) is 7.23. The van der Waals surface area contributed by atoms with Gasteiger partial charge in [0.05, 0.1) is 13.0 Å². The predicted octanol–water partition coefficient (Wildman–Crippen LogP) is 3.22. The number of ether oxygens (including phenoxy) is 1. The molecule has 1 aliphatic rings. The molecule has 138 valence electrons. The Bertz CT molecular complexity index is 961. The molecule has 2 heterocycles. The smallest absolute Gasteiger partial charge is 0.253 e. The third-order valence-corrected chi connectivity index (χ3v) is 4.81. The highest BCUT2D eigenvalue weighted by atomic mass is 16.5. The summed E-state index contributed by atoms with van der Waals surface area (Å²) in [6.07, 6.45) is 0.548. The number of likely N-dealkylation sites (tertiary alicyclic amines) is 1. The summed E-state index contributed by atoms with van der Waals surface area (Å²) in [5.74, 6) is 2.16. The summed E-state index contributed by atoms with van der Waals surface area (Å²) in [5, 5.41) is 4.08. The third-order valence-electron chi connectivity index (χ3n) is 4.81. The van der Waals surface area contributed by atoms with Gasteiger partial charge in [-0.15, -0.1) is 0 Å². The minimum absolute atomic E-state index is 0.0451. The number of methoxy groups -OCH3 is 1. The van der Waals surface area contributed by atoms with Crippen LogP contribution in [0.25, 0.3) is 0 Å². The maximum atomic E-state index is 12.5. The summed E-state index contributed by atoms with van der Waals surface area (Å²) >= 11 is 0. The number of rotatable bonds is 5. The molecule has 1 fully saturated rings. The predicted molar refractivity (Wildman–Crippen MR) is 99.9 cm³/mol. The Kier molecular flexibility index (Phi) is 4.62. The van der Waals surface area contributed by atoms with Gasteiger partial charge in [-0.05, 0) is 25.1 Å². The van der Waals surface area contributed by atoms with Crippen LogP contribution in [0.5, 0.6) is 5.75 Å². The van der Waals surface area contributed by atoms with Crippen molar-refractivity contribution in [1.82, 2.24) is 15.0 Å². The second-order valence-electron chi connectivity index (χ2n) is 6.81. The van der Waals surface area contributed by atoms with Gasteiger partial charge in [0.15, 0.2) is 5.82 Å². The lowest BCUT2D eigenvalue weighted by molar-refractivity contribution is 0.0569. The van der Waals surface area contributed by atoms with Crippen molar-refractivity contribution in [2.45, 2.75) is 19.3 Å². The number of aryl methyl sites for hydroxylation is 1. The van der Waals surface area contributed by atoms with Gasteiger partial charge >= 0.3 is 0 Å². The molecule has 3 aromatic rings. The third kappa shape index (κ3) is 3.56. The van der Waals surface area contributed by atoms with E-state index in [4.69, 9.17) is 9.26 Å². The number of hydrogen-bond acceptors (Lipinski definition) is 5. The first-order valence-electron chi connectivity index (χ1n) is 8.94. The molecule has 1 amide bonds. The molecule has 6 nitrogen and oxygen atoms in total. The number of nitrogens with zero attached hydrogens (tertiary/aromatic N) is 3. The molecule has 0 atom stereocenters. The Morgan fingerprint density at radius 1 is 1.22 bits per heavy atom. The maximum absolute atomic E-state index is 12.5. The van der Waals surface area contributed by atoms with Gasteiger partial charge in [-0.1, -0.05) is 41.1 Å². The first-order chi connectivity index (χ1) is 13.1. The van der Waals surface area contributed by atoms with E-state index in [2.05, 4.69) is 10.1 Å². The van der Waals surface area contributed by atoms with Crippen LogP contribution in [-0.4, -0.2) is 41.1 Å². The first-order valence-corrected chi connectivity index (χ1v) is 8.94. The van der Waals surface area contributed by atoms with Crippen LogP contribution in [0, 0.1) is 6.92 Å². The Morgan fingerprint density at radius 3 is 2.81 bits per heavy atom. The van der Waals surface area contributed by atoms with Crippen molar-refractivity contribution in [2.24, 2.45) is 0 Å². The number of hydrogen-bond donors (Lipinski definition) is 0. The quantitative estimate of drug-likeness (QED) is 0.696. The number of carbonyl (C=O) groups excluding carboxylic acids is 1. The van der Waals surface area contributed by atoms with Crippen molar-refractivity contribution in [2.75, 3.05) is 20.2 Å². The van der Waals surface area contributed by atoms with Crippen LogP contribution in [0.15, 0.2) is 53.1 Å². The van der Waals surface area contributed by atoms with Crippen LogP contribution < -0.4 is 4.74 Å². The molecular weight excluding hydrogens is 342 g/mol. The van der Waals surface area contributed by atoms with E-state index in [-0.39, 0.29) is 11.8 Å². The van der Waals surface area contributed by atoms with E-state index in [1.54, 1.807) is 7.11 Å². The van der Waals surface area contributed by atoms with E-state index in [0.717, 1.165) is 22.4 Å². The molecule has 0 spiro atoms. The normalized spacial score (nSPS) is 14.1. The standard InChI is InChI=1S/C21H21N3O3/c1-14-6-5-8-16(10-14)21(25)24-12-17(13-24)20-22-19(23-27-20)11-15-7-3-4-9-18(15)26-2/h3-10,17H,11-13H2,1-2H3.